The number of methoxy groups -OCH3 is 1. The summed E-state index contributed by atoms with van der Waals surface area (Å²) in [5, 5.41) is 8.52. The molecule has 0 unspecified atom stereocenters. The van der Waals surface area contributed by atoms with Crippen LogP contribution in [-0.4, -0.2) is 18.5 Å². The molecule has 0 aliphatic carbocycles. The molecule has 0 radical (unpaired) electrons. The van der Waals surface area contributed by atoms with Crippen molar-refractivity contribution in [3.05, 3.63) is 61.6 Å². The first kappa shape index (κ1) is 18.3. The molecule has 0 bridgehead atoms. The number of nitrogens with zero attached hydrogens (tertiary/aromatic N) is 2. The molecule has 4 nitrogen and oxygen atoms in total. The highest BCUT2D eigenvalue weighted by Gasteiger charge is 2.05. The smallest absolute Gasteiger partial charge is 0.180 e. The normalized spacial score (nSPS) is 11.9. The predicted molar refractivity (Wildman–Crippen MR) is 110 cm³/mol. The zero-order chi connectivity index (χ0) is 16.7. The summed E-state index contributed by atoms with van der Waals surface area (Å²) in [5.74, 6) is 1.56. The molecule has 0 aromatic heterocycles. The van der Waals surface area contributed by atoms with Crippen molar-refractivity contribution < 1.29 is 4.74 Å². The summed E-state index contributed by atoms with van der Waals surface area (Å²) in [7, 11) is 1.64. The lowest BCUT2D eigenvalue weighted by Crippen LogP contribution is -2.06. The van der Waals surface area contributed by atoms with Crippen LogP contribution in [-0.2, 0) is 5.75 Å². The predicted octanol–water partition coefficient (Wildman–Crippen LogP) is 4.64. The van der Waals surface area contributed by atoms with Gasteiger partial charge < -0.3 is 10.5 Å². The zero-order valence-electron chi connectivity index (χ0n) is 12.4. The maximum absolute atomic E-state index is 5.87. The Morgan fingerprint density at radius 3 is 2.78 bits per heavy atom. The molecule has 2 aromatic rings. The molecular formula is C16H15BrIN3OS. The van der Waals surface area contributed by atoms with Crippen LogP contribution < -0.4 is 10.5 Å². The Balaban J connectivity index is 1.98. The van der Waals surface area contributed by atoms with Crippen molar-refractivity contribution in [1.29, 1.82) is 0 Å². The van der Waals surface area contributed by atoms with Gasteiger partial charge in [-0.3, -0.25) is 0 Å². The number of hydrogen-bond acceptors (Lipinski definition) is 4. The van der Waals surface area contributed by atoms with Crippen LogP contribution in [0, 0.1) is 3.57 Å². The molecule has 0 aliphatic heterocycles. The molecule has 0 amide bonds. The molecule has 7 heteroatoms. The molecule has 0 atom stereocenters. The number of hydrogen-bond donors (Lipinski definition) is 1. The van der Waals surface area contributed by atoms with Gasteiger partial charge in [-0.05, 0) is 56.2 Å². The first-order valence-electron chi connectivity index (χ1n) is 6.66. The van der Waals surface area contributed by atoms with Crippen LogP contribution in [0.2, 0.25) is 0 Å². The van der Waals surface area contributed by atoms with Gasteiger partial charge in [-0.1, -0.05) is 42.1 Å². The standard InChI is InChI=1S/C16H15BrIN3OS/c1-22-15-8-14(18)12(7-13(15)17)9-20-21-16(19)23-10-11-5-3-2-4-6-11/h2-9H,10H2,1H3,(H2,19,21). The summed E-state index contributed by atoms with van der Waals surface area (Å²) in [5.41, 5.74) is 8.02. The highest BCUT2D eigenvalue weighted by Crippen LogP contribution is 2.28. The molecule has 0 fully saturated rings. The topological polar surface area (TPSA) is 60.0 Å². The van der Waals surface area contributed by atoms with Gasteiger partial charge in [-0.2, -0.15) is 5.10 Å². The summed E-state index contributed by atoms with van der Waals surface area (Å²) >= 11 is 7.15. The van der Waals surface area contributed by atoms with E-state index in [0.29, 0.717) is 5.17 Å². The molecule has 120 valence electrons. The summed E-state index contributed by atoms with van der Waals surface area (Å²) in [6.07, 6.45) is 1.68. The van der Waals surface area contributed by atoms with Gasteiger partial charge in [-0.25, -0.2) is 0 Å². The number of benzene rings is 2. The van der Waals surface area contributed by atoms with Gasteiger partial charge in [0.2, 0.25) is 0 Å². The highest BCUT2D eigenvalue weighted by molar-refractivity contribution is 14.1. The molecule has 0 saturated carbocycles. The number of thioether (sulfide) groups is 1. The van der Waals surface area contributed by atoms with Gasteiger partial charge in [-0.15, -0.1) is 5.10 Å². The fraction of sp³-hybridized carbons (Fsp3) is 0.125. The summed E-state index contributed by atoms with van der Waals surface area (Å²) in [6.45, 7) is 0. The molecule has 0 heterocycles. The molecular weight excluding hydrogens is 489 g/mol. The highest BCUT2D eigenvalue weighted by atomic mass is 127. The third kappa shape index (κ3) is 5.82. The molecule has 2 aromatic carbocycles. The Bertz CT molecular complexity index is 723. The van der Waals surface area contributed by atoms with E-state index in [1.54, 1.807) is 13.3 Å². The van der Waals surface area contributed by atoms with Crippen molar-refractivity contribution in [1.82, 2.24) is 0 Å². The minimum Gasteiger partial charge on any atom is -0.496 e. The number of amidine groups is 1. The Labute approximate surface area is 161 Å². The summed E-state index contributed by atoms with van der Waals surface area (Å²) < 4.78 is 7.15. The molecule has 0 spiro atoms. The van der Waals surface area contributed by atoms with E-state index in [0.717, 1.165) is 25.1 Å². The van der Waals surface area contributed by atoms with Crippen molar-refractivity contribution in [2.45, 2.75) is 5.75 Å². The maximum atomic E-state index is 5.87. The second kappa shape index (κ2) is 9.29. The van der Waals surface area contributed by atoms with Crippen LogP contribution >= 0.6 is 50.3 Å². The second-order valence-electron chi connectivity index (χ2n) is 4.47. The fourth-order valence-electron chi connectivity index (χ4n) is 1.71. The van der Waals surface area contributed by atoms with Crippen LogP contribution in [0.4, 0.5) is 0 Å². The minimum atomic E-state index is 0.438. The Morgan fingerprint density at radius 2 is 2.09 bits per heavy atom. The number of rotatable bonds is 5. The minimum absolute atomic E-state index is 0.438. The van der Waals surface area contributed by atoms with Crippen molar-refractivity contribution in [3.8, 4) is 5.75 Å². The number of nitrogens with two attached hydrogens (primary N) is 1. The van der Waals surface area contributed by atoms with E-state index >= 15 is 0 Å². The summed E-state index contributed by atoms with van der Waals surface area (Å²) in [6, 6.07) is 14.0. The quantitative estimate of drug-likeness (QED) is 0.280. The van der Waals surface area contributed by atoms with Crippen molar-refractivity contribution in [2.75, 3.05) is 7.11 Å². The van der Waals surface area contributed by atoms with Crippen LogP contribution in [0.1, 0.15) is 11.1 Å². The van der Waals surface area contributed by atoms with E-state index in [2.05, 4.69) is 60.9 Å². The second-order valence-corrected chi connectivity index (χ2v) is 7.48. The lowest BCUT2D eigenvalue weighted by Gasteiger charge is -2.05. The van der Waals surface area contributed by atoms with Gasteiger partial charge in [0.15, 0.2) is 5.17 Å². The third-order valence-corrected chi connectivity index (χ3v) is 5.26. The van der Waals surface area contributed by atoms with Gasteiger partial charge in [0, 0.05) is 14.9 Å². The Kier molecular flexibility index (Phi) is 7.38. The molecule has 0 aliphatic rings. The Morgan fingerprint density at radius 1 is 1.35 bits per heavy atom. The SMILES string of the molecule is COc1cc(I)c(C=NN=C(N)SCc2ccccc2)cc1Br. The van der Waals surface area contributed by atoms with Crippen molar-refractivity contribution in [2.24, 2.45) is 15.9 Å². The average molecular weight is 504 g/mol. The Hall–Kier alpha value is -1.06. The first-order valence-corrected chi connectivity index (χ1v) is 9.52. The number of halogens is 2. The molecule has 0 saturated heterocycles. The van der Waals surface area contributed by atoms with Crippen LogP contribution in [0.25, 0.3) is 0 Å². The number of ether oxygens (including phenoxy) is 1. The van der Waals surface area contributed by atoms with E-state index in [1.807, 2.05) is 30.3 Å². The van der Waals surface area contributed by atoms with Crippen LogP contribution in [0.5, 0.6) is 5.75 Å². The fourth-order valence-corrected chi connectivity index (χ4v) is 3.42. The monoisotopic (exact) mass is 503 g/mol. The molecule has 23 heavy (non-hydrogen) atoms. The third-order valence-electron chi connectivity index (χ3n) is 2.85. The summed E-state index contributed by atoms with van der Waals surface area (Å²) in [4.78, 5) is 0. The van der Waals surface area contributed by atoms with Gasteiger partial charge in [0.05, 0.1) is 17.8 Å². The van der Waals surface area contributed by atoms with Crippen molar-refractivity contribution in [3.63, 3.8) is 0 Å². The van der Waals surface area contributed by atoms with Gasteiger partial charge in [0.25, 0.3) is 0 Å². The van der Waals surface area contributed by atoms with E-state index in [-0.39, 0.29) is 0 Å². The lowest BCUT2D eigenvalue weighted by molar-refractivity contribution is 0.412. The largest absolute Gasteiger partial charge is 0.496 e. The van der Waals surface area contributed by atoms with Crippen molar-refractivity contribution >= 4 is 61.7 Å². The first-order chi connectivity index (χ1) is 11.1. The van der Waals surface area contributed by atoms with E-state index in [9.17, 15) is 0 Å². The van der Waals surface area contributed by atoms with Crippen LogP contribution in [0.3, 0.4) is 0 Å². The van der Waals surface area contributed by atoms with E-state index in [4.69, 9.17) is 10.5 Å². The molecule has 2 rings (SSSR count). The van der Waals surface area contributed by atoms with Crippen LogP contribution in [0.15, 0.2) is 57.1 Å². The van der Waals surface area contributed by atoms with Gasteiger partial charge in [0.1, 0.15) is 5.75 Å². The van der Waals surface area contributed by atoms with E-state index in [1.165, 1.54) is 17.3 Å². The van der Waals surface area contributed by atoms with E-state index < -0.39 is 0 Å². The van der Waals surface area contributed by atoms with Gasteiger partial charge >= 0.3 is 0 Å². The maximum Gasteiger partial charge on any atom is 0.180 e. The lowest BCUT2D eigenvalue weighted by atomic mass is 10.2. The molecule has 2 N–H and O–H groups in total. The average Bonchev–Trinajstić information content (AvgIpc) is 2.56. The zero-order valence-corrected chi connectivity index (χ0v) is 16.9.